The van der Waals surface area contributed by atoms with E-state index >= 15 is 0 Å². The Labute approximate surface area is 158 Å². The molecule has 0 bridgehead atoms. The van der Waals surface area contributed by atoms with Crippen LogP contribution in [0.4, 0.5) is 0 Å². The first-order valence-corrected chi connectivity index (χ1v) is 10.2. The molecule has 2 aliphatic rings. The number of likely N-dealkylation sites (tertiary alicyclic amines) is 2. The minimum atomic E-state index is 0.729. The summed E-state index contributed by atoms with van der Waals surface area (Å²) in [6, 6.07) is 9.03. The first kappa shape index (κ1) is 19.2. The van der Waals surface area contributed by atoms with Crippen LogP contribution in [-0.4, -0.2) is 62.6 Å². The fraction of sp³-hybridized carbons (Fsp3) is 0.667. The third-order valence-electron chi connectivity index (χ3n) is 5.61. The van der Waals surface area contributed by atoms with Crippen LogP contribution in [0.5, 0.6) is 0 Å². The number of nitrogens with zero attached hydrogens (tertiary/aromatic N) is 3. The van der Waals surface area contributed by atoms with Crippen LogP contribution in [-0.2, 0) is 13.1 Å². The van der Waals surface area contributed by atoms with Gasteiger partial charge in [-0.1, -0.05) is 30.7 Å². The minimum absolute atomic E-state index is 0.729. The van der Waals surface area contributed by atoms with Crippen LogP contribution in [0.3, 0.4) is 0 Å². The zero-order chi connectivity index (χ0) is 18.2. The Bertz CT molecular complexity index is 562. The number of hydrogen-bond donors (Lipinski definition) is 2. The summed E-state index contributed by atoms with van der Waals surface area (Å²) < 4.78 is 0. The van der Waals surface area contributed by atoms with Gasteiger partial charge in [-0.25, -0.2) is 0 Å². The molecule has 0 spiro atoms. The van der Waals surface area contributed by atoms with Gasteiger partial charge in [0.25, 0.3) is 0 Å². The van der Waals surface area contributed by atoms with Gasteiger partial charge in [-0.15, -0.1) is 0 Å². The Morgan fingerprint density at radius 1 is 1.04 bits per heavy atom. The van der Waals surface area contributed by atoms with E-state index in [0.29, 0.717) is 0 Å². The lowest BCUT2D eigenvalue weighted by Gasteiger charge is -2.26. The molecule has 1 atom stereocenters. The quantitative estimate of drug-likeness (QED) is 0.606. The topological polar surface area (TPSA) is 42.9 Å². The van der Waals surface area contributed by atoms with Gasteiger partial charge in [0.15, 0.2) is 5.96 Å². The molecular formula is C21H35N5. The van der Waals surface area contributed by atoms with E-state index in [1.807, 2.05) is 7.05 Å². The number of aliphatic imine (C=N–C) groups is 1. The summed E-state index contributed by atoms with van der Waals surface area (Å²) >= 11 is 0. The Morgan fingerprint density at radius 2 is 1.77 bits per heavy atom. The molecule has 2 saturated heterocycles. The summed E-state index contributed by atoms with van der Waals surface area (Å²) in [4.78, 5) is 9.32. The second kappa shape index (κ2) is 9.93. The van der Waals surface area contributed by atoms with E-state index in [2.05, 4.69) is 56.7 Å². The smallest absolute Gasteiger partial charge is 0.191 e. The number of guanidine groups is 1. The van der Waals surface area contributed by atoms with Gasteiger partial charge >= 0.3 is 0 Å². The van der Waals surface area contributed by atoms with E-state index in [9.17, 15) is 0 Å². The molecule has 2 N–H and O–H groups in total. The van der Waals surface area contributed by atoms with E-state index in [4.69, 9.17) is 0 Å². The first-order valence-electron chi connectivity index (χ1n) is 10.2. The molecular weight excluding hydrogens is 322 g/mol. The number of rotatable bonds is 6. The molecule has 2 fully saturated rings. The van der Waals surface area contributed by atoms with Gasteiger partial charge in [0, 0.05) is 33.2 Å². The highest BCUT2D eigenvalue weighted by Crippen LogP contribution is 2.14. The summed E-state index contributed by atoms with van der Waals surface area (Å²) in [5.74, 6) is 1.63. The maximum atomic E-state index is 4.35. The van der Waals surface area contributed by atoms with Gasteiger partial charge in [-0.3, -0.25) is 9.89 Å². The summed E-state index contributed by atoms with van der Waals surface area (Å²) in [6.45, 7) is 7.80. The lowest BCUT2D eigenvalue weighted by molar-refractivity contribution is 0.221. The molecule has 1 aromatic rings. The Kier molecular flexibility index (Phi) is 7.32. The predicted octanol–water partition coefficient (Wildman–Crippen LogP) is 2.29. The molecule has 144 valence electrons. The number of piperidine rings is 1. The molecule has 0 aliphatic carbocycles. The third-order valence-corrected chi connectivity index (χ3v) is 5.61. The average Bonchev–Trinajstić information content (AvgIpc) is 3.09. The normalized spacial score (nSPS) is 22.5. The predicted molar refractivity (Wildman–Crippen MR) is 109 cm³/mol. The van der Waals surface area contributed by atoms with Crippen molar-refractivity contribution in [1.82, 2.24) is 20.4 Å². The molecule has 0 saturated carbocycles. The zero-order valence-corrected chi connectivity index (χ0v) is 16.5. The standard InChI is InChI=1S/C21H35N5/c1-22-21(24-15-20-10-13-25(2)16-20)23-14-18-6-8-19(9-7-18)17-26-11-4-3-5-12-26/h6-9,20H,3-5,10-17H2,1-2H3,(H2,22,23,24). The molecule has 0 amide bonds. The fourth-order valence-corrected chi connectivity index (χ4v) is 3.98. The highest BCUT2D eigenvalue weighted by molar-refractivity contribution is 5.79. The van der Waals surface area contributed by atoms with E-state index in [0.717, 1.165) is 31.5 Å². The number of nitrogens with one attached hydrogen (secondary N) is 2. The molecule has 5 heteroatoms. The van der Waals surface area contributed by atoms with Crippen molar-refractivity contribution in [2.24, 2.45) is 10.9 Å². The lowest BCUT2D eigenvalue weighted by atomic mass is 10.1. The van der Waals surface area contributed by atoms with Crippen LogP contribution < -0.4 is 10.6 Å². The van der Waals surface area contributed by atoms with Crippen molar-refractivity contribution in [3.63, 3.8) is 0 Å². The van der Waals surface area contributed by atoms with Crippen molar-refractivity contribution in [2.45, 2.75) is 38.8 Å². The maximum absolute atomic E-state index is 4.35. The van der Waals surface area contributed by atoms with Crippen molar-refractivity contribution >= 4 is 5.96 Å². The largest absolute Gasteiger partial charge is 0.356 e. The van der Waals surface area contributed by atoms with Gasteiger partial charge < -0.3 is 15.5 Å². The number of benzene rings is 1. The molecule has 0 aromatic heterocycles. The van der Waals surface area contributed by atoms with Crippen LogP contribution in [0, 0.1) is 5.92 Å². The second-order valence-electron chi connectivity index (χ2n) is 7.88. The molecule has 1 unspecified atom stereocenters. The highest BCUT2D eigenvalue weighted by atomic mass is 15.2. The van der Waals surface area contributed by atoms with Crippen LogP contribution in [0.2, 0.25) is 0 Å². The van der Waals surface area contributed by atoms with E-state index in [1.54, 1.807) is 0 Å². The van der Waals surface area contributed by atoms with Crippen LogP contribution in [0.25, 0.3) is 0 Å². The van der Waals surface area contributed by atoms with E-state index < -0.39 is 0 Å². The maximum Gasteiger partial charge on any atom is 0.191 e. The van der Waals surface area contributed by atoms with Gasteiger partial charge in [0.2, 0.25) is 0 Å². The monoisotopic (exact) mass is 357 g/mol. The average molecular weight is 358 g/mol. The Morgan fingerprint density at radius 3 is 2.42 bits per heavy atom. The van der Waals surface area contributed by atoms with Crippen molar-refractivity contribution in [3.8, 4) is 0 Å². The first-order chi connectivity index (χ1) is 12.7. The summed E-state index contributed by atoms with van der Waals surface area (Å²) in [7, 11) is 4.04. The summed E-state index contributed by atoms with van der Waals surface area (Å²) in [5.41, 5.74) is 2.72. The summed E-state index contributed by atoms with van der Waals surface area (Å²) in [6.07, 6.45) is 5.38. The van der Waals surface area contributed by atoms with Gasteiger partial charge in [0.05, 0.1) is 0 Å². The number of hydrogen-bond acceptors (Lipinski definition) is 3. The Hall–Kier alpha value is -1.59. The Balaban J connectivity index is 1.40. The molecule has 2 aliphatic heterocycles. The highest BCUT2D eigenvalue weighted by Gasteiger charge is 2.19. The van der Waals surface area contributed by atoms with E-state index in [1.165, 1.54) is 63.0 Å². The van der Waals surface area contributed by atoms with Gasteiger partial charge in [-0.05, 0) is 63.0 Å². The van der Waals surface area contributed by atoms with Crippen molar-refractivity contribution in [3.05, 3.63) is 35.4 Å². The third kappa shape index (κ3) is 5.99. The minimum Gasteiger partial charge on any atom is -0.356 e. The van der Waals surface area contributed by atoms with Crippen molar-refractivity contribution < 1.29 is 0 Å². The van der Waals surface area contributed by atoms with Crippen LogP contribution >= 0.6 is 0 Å². The summed E-state index contributed by atoms with van der Waals surface area (Å²) in [5, 5.41) is 6.91. The van der Waals surface area contributed by atoms with Crippen molar-refractivity contribution in [2.75, 3.05) is 46.8 Å². The van der Waals surface area contributed by atoms with Crippen LogP contribution in [0.1, 0.15) is 36.8 Å². The van der Waals surface area contributed by atoms with Crippen LogP contribution in [0.15, 0.2) is 29.3 Å². The lowest BCUT2D eigenvalue weighted by Crippen LogP contribution is -2.39. The molecule has 26 heavy (non-hydrogen) atoms. The SMILES string of the molecule is CN=C(NCc1ccc(CN2CCCCC2)cc1)NCC1CCN(C)C1. The molecule has 5 nitrogen and oxygen atoms in total. The molecule has 2 heterocycles. The zero-order valence-electron chi connectivity index (χ0n) is 16.5. The molecule has 3 rings (SSSR count). The molecule has 1 aromatic carbocycles. The van der Waals surface area contributed by atoms with E-state index in [-0.39, 0.29) is 0 Å². The fourth-order valence-electron chi connectivity index (χ4n) is 3.98. The van der Waals surface area contributed by atoms with Gasteiger partial charge in [-0.2, -0.15) is 0 Å². The van der Waals surface area contributed by atoms with Crippen molar-refractivity contribution in [1.29, 1.82) is 0 Å². The molecule has 0 radical (unpaired) electrons. The second-order valence-corrected chi connectivity index (χ2v) is 7.88. The van der Waals surface area contributed by atoms with Gasteiger partial charge in [0.1, 0.15) is 0 Å².